The lowest BCUT2D eigenvalue weighted by atomic mass is 10.1. The Bertz CT molecular complexity index is 1120. The lowest BCUT2D eigenvalue weighted by Gasteiger charge is -2.11. The topological polar surface area (TPSA) is 89.7 Å². The zero-order chi connectivity index (χ0) is 20.0. The molecule has 9 heteroatoms. The van der Waals surface area contributed by atoms with Crippen LogP contribution in [0.5, 0.6) is 0 Å². The molecule has 0 saturated carbocycles. The highest BCUT2D eigenvalue weighted by atomic mass is 35.5. The van der Waals surface area contributed by atoms with Crippen LogP contribution in [-0.4, -0.2) is 27.8 Å². The van der Waals surface area contributed by atoms with Crippen LogP contribution in [0.4, 0.5) is 0 Å². The van der Waals surface area contributed by atoms with Crippen molar-refractivity contribution in [3.8, 4) is 11.5 Å². The maximum Gasteiger partial charge on any atom is 0.385 e. The number of aryl methyl sites for hydroxylation is 1. The summed E-state index contributed by atoms with van der Waals surface area (Å²) in [6.45, 7) is 1.51. The number of rotatable bonds is 3. The summed E-state index contributed by atoms with van der Waals surface area (Å²) < 4.78 is 5.49. The molecular weight excluding hydrogens is 407 g/mol. The summed E-state index contributed by atoms with van der Waals surface area (Å²) in [6.07, 6.45) is 0. The number of imide groups is 1. The molecule has 28 heavy (non-hydrogen) atoms. The number of benzene rings is 2. The van der Waals surface area contributed by atoms with Gasteiger partial charge < -0.3 is 9.25 Å². The highest BCUT2D eigenvalue weighted by Crippen LogP contribution is 2.30. The minimum Gasteiger partial charge on any atom is -0.441 e. The molecule has 2 amide bonds. The number of carbonyl (C=O) groups is 3. The highest BCUT2D eigenvalue weighted by Gasteiger charge is 2.39. The Kier molecular flexibility index (Phi) is 4.41. The van der Waals surface area contributed by atoms with Crippen molar-refractivity contribution in [2.45, 2.75) is 6.92 Å². The molecule has 0 radical (unpaired) electrons. The highest BCUT2D eigenvalue weighted by molar-refractivity contribution is 6.42. The fourth-order valence-electron chi connectivity index (χ4n) is 2.71. The van der Waals surface area contributed by atoms with Gasteiger partial charge in [0.1, 0.15) is 5.76 Å². The largest absolute Gasteiger partial charge is 0.441 e. The Morgan fingerprint density at radius 1 is 1.04 bits per heavy atom. The number of aromatic nitrogens is 1. The first-order valence-electron chi connectivity index (χ1n) is 8.00. The van der Waals surface area contributed by atoms with Crippen molar-refractivity contribution in [1.82, 2.24) is 10.0 Å². The van der Waals surface area contributed by atoms with Gasteiger partial charge in [-0.15, -0.1) is 0 Å². The van der Waals surface area contributed by atoms with Crippen molar-refractivity contribution in [2.75, 3.05) is 0 Å². The predicted octanol–water partition coefficient (Wildman–Crippen LogP) is 4.32. The Labute approximate surface area is 168 Å². The molecule has 2 aromatic carbocycles. The van der Waals surface area contributed by atoms with E-state index in [-0.39, 0.29) is 28.5 Å². The summed E-state index contributed by atoms with van der Waals surface area (Å²) in [7, 11) is 0. The quantitative estimate of drug-likeness (QED) is 0.590. The molecule has 0 saturated heterocycles. The van der Waals surface area contributed by atoms with E-state index < -0.39 is 17.8 Å². The third-order valence-corrected chi connectivity index (χ3v) is 4.83. The minimum atomic E-state index is -0.998. The Balaban J connectivity index is 1.60. The third kappa shape index (κ3) is 2.94. The van der Waals surface area contributed by atoms with Crippen LogP contribution in [0.1, 0.15) is 37.0 Å². The predicted molar refractivity (Wildman–Crippen MR) is 99.1 cm³/mol. The van der Waals surface area contributed by atoms with Gasteiger partial charge in [0.05, 0.1) is 21.2 Å². The number of carbonyl (C=O) groups excluding carboxylic acids is 3. The summed E-state index contributed by atoms with van der Waals surface area (Å²) in [5, 5.41) is 1.07. The Hall–Kier alpha value is -3.16. The second kappa shape index (κ2) is 6.78. The molecule has 0 N–H and O–H groups in total. The minimum absolute atomic E-state index is 0.116. The number of halogens is 2. The van der Waals surface area contributed by atoms with Crippen LogP contribution >= 0.6 is 23.2 Å². The van der Waals surface area contributed by atoms with E-state index in [9.17, 15) is 14.4 Å². The monoisotopic (exact) mass is 416 g/mol. The van der Waals surface area contributed by atoms with Gasteiger partial charge in [-0.05, 0) is 37.3 Å². The van der Waals surface area contributed by atoms with Crippen molar-refractivity contribution < 1.29 is 23.6 Å². The van der Waals surface area contributed by atoms with Gasteiger partial charge in [-0.1, -0.05) is 40.4 Å². The molecule has 2 heterocycles. The maximum absolute atomic E-state index is 12.5. The van der Waals surface area contributed by atoms with Crippen molar-refractivity contribution in [3.05, 3.63) is 75.1 Å². The van der Waals surface area contributed by atoms with Gasteiger partial charge in [0.2, 0.25) is 5.89 Å². The molecule has 140 valence electrons. The molecule has 0 unspecified atom stereocenters. The molecule has 4 rings (SSSR count). The number of nitrogens with zero attached hydrogens (tertiary/aromatic N) is 2. The first-order chi connectivity index (χ1) is 13.4. The van der Waals surface area contributed by atoms with Gasteiger partial charge in [-0.3, -0.25) is 9.59 Å². The van der Waals surface area contributed by atoms with E-state index in [1.54, 1.807) is 24.3 Å². The van der Waals surface area contributed by atoms with Crippen LogP contribution in [0, 0.1) is 6.92 Å². The van der Waals surface area contributed by atoms with Gasteiger partial charge in [-0.2, -0.15) is 0 Å². The van der Waals surface area contributed by atoms with E-state index in [0.717, 1.165) is 0 Å². The van der Waals surface area contributed by atoms with Crippen molar-refractivity contribution in [1.29, 1.82) is 0 Å². The molecule has 0 atom stereocenters. The molecular formula is C19H10Cl2N2O5. The van der Waals surface area contributed by atoms with E-state index in [4.69, 9.17) is 32.5 Å². The van der Waals surface area contributed by atoms with Gasteiger partial charge in [0, 0.05) is 5.56 Å². The number of amides is 2. The number of fused-ring (bicyclic) bond motifs is 1. The average Bonchev–Trinajstić information content (AvgIpc) is 3.18. The summed E-state index contributed by atoms with van der Waals surface area (Å²) in [5.74, 6) is -2.17. The van der Waals surface area contributed by atoms with Crippen LogP contribution in [-0.2, 0) is 4.84 Å². The molecule has 3 aromatic rings. The summed E-state index contributed by atoms with van der Waals surface area (Å²) in [4.78, 5) is 46.2. The molecule has 1 aliphatic heterocycles. The van der Waals surface area contributed by atoms with Crippen LogP contribution < -0.4 is 0 Å². The molecule has 1 aliphatic rings. The number of hydrogen-bond acceptors (Lipinski definition) is 6. The van der Waals surface area contributed by atoms with E-state index in [0.29, 0.717) is 20.7 Å². The Morgan fingerprint density at radius 2 is 1.68 bits per heavy atom. The zero-order valence-electron chi connectivity index (χ0n) is 14.2. The average molecular weight is 417 g/mol. The summed E-state index contributed by atoms with van der Waals surface area (Å²) in [6, 6.07) is 10.9. The lowest BCUT2D eigenvalue weighted by Crippen LogP contribution is -2.33. The smallest absolute Gasteiger partial charge is 0.385 e. The van der Waals surface area contributed by atoms with Crippen molar-refractivity contribution >= 4 is 41.0 Å². The standard InChI is InChI=1S/C19H10Cl2N2O5/c1-9-15(22-16(27-9)10-6-7-13(20)14(21)8-10)19(26)28-23-17(24)11-4-2-3-5-12(11)18(23)25/h2-8H,1H3. The lowest BCUT2D eigenvalue weighted by molar-refractivity contribution is -0.0589. The SMILES string of the molecule is Cc1oc(-c2ccc(Cl)c(Cl)c2)nc1C(=O)ON1C(=O)c2ccccc2C1=O. The van der Waals surface area contributed by atoms with E-state index in [1.807, 2.05) is 0 Å². The van der Waals surface area contributed by atoms with Crippen LogP contribution in [0.15, 0.2) is 46.9 Å². The first kappa shape index (κ1) is 18.2. The molecule has 0 spiro atoms. The summed E-state index contributed by atoms with van der Waals surface area (Å²) in [5.41, 5.74) is 0.650. The van der Waals surface area contributed by atoms with Gasteiger partial charge >= 0.3 is 5.97 Å². The molecule has 1 aromatic heterocycles. The van der Waals surface area contributed by atoms with Crippen molar-refractivity contribution in [2.24, 2.45) is 0 Å². The van der Waals surface area contributed by atoms with Crippen LogP contribution in [0.25, 0.3) is 11.5 Å². The fourth-order valence-corrected chi connectivity index (χ4v) is 3.01. The number of hydrogen-bond donors (Lipinski definition) is 0. The molecule has 0 bridgehead atoms. The van der Waals surface area contributed by atoms with E-state index in [1.165, 1.54) is 25.1 Å². The van der Waals surface area contributed by atoms with Crippen LogP contribution in [0.3, 0.4) is 0 Å². The molecule has 0 fully saturated rings. The van der Waals surface area contributed by atoms with Gasteiger partial charge in [0.15, 0.2) is 5.69 Å². The Morgan fingerprint density at radius 3 is 2.29 bits per heavy atom. The first-order valence-corrected chi connectivity index (χ1v) is 8.75. The van der Waals surface area contributed by atoms with E-state index in [2.05, 4.69) is 4.98 Å². The van der Waals surface area contributed by atoms with Crippen LogP contribution in [0.2, 0.25) is 10.0 Å². The fraction of sp³-hybridized carbons (Fsp3) is 0.0526. The molecule has 0 aliphatic carbocycles. The maximum atomic E-state index is 12.5. The van der Waals surface area contributed by atoms with Crippen molar-refractivity contribution in [3.63, 3.8) is 0 Å². The second-order valence-electron chi connectivity index (χ2n) is 5.88. The number of hydroxylamine groups is 2. The van der Waals surface area contributed by atoms with Gasteiger partial charge in [0.25, 0.3) is 11.8 Å². The third-order valence-electron chi connectivity index (χ3n) is 4.09. The summed E-state index contributed by atoms with van der Waals surface area (Å²) >= 11 is 11.9. The molecule has 7 nitrogen and oxygen atoms in total. The van der Waals surface area contributed by atoms with Gasteiger partial charge in [-0.25, -0.2) is 9.78 Å². The number of oxazole rings is 1. The second-order valence-corrected chi connectivity index (χ2v) is 6.70. The normalized spacial score (nSPS) is 13.0. The zero-order valence-corrected chi connectivity index (χ0v) is 15.7. The van der Waals surface area contributed by atoms with E-state index >= 15 is 0 Å².